The first kappa shape index (κ1) is 24.4. The van der Waals surface area contributed by atoms with Crippen LogP contribution in [0.4, 0.5) is 0 Å². The summed E-state index contributed by atoms with van der Waals surface area (Å²) in [6.07, 6.45) is 0. The second-order valence-corrected chi connectivity index (χ2v) is 7.99. The summed E-state index contributed by atoms with van der Waals surface area (Å²) < 4.78 is 6.56. The molecular weight excluding hydrogens is 434 g/mol. The van der Waals surface area contributed by atoms with Gasteiger partial charge < -0.3 is 10.1 Å². The first-order chi connectivity index (χ1) is 16.2. The number of nitrogens with one attached hydrogen (secondary N) is 2. The lowest BCUT2D eigenvalue weighted by Gasteiger charge is -2.12. The lowest BCUT2D eigenvalue weighted by Crippen LogP contribution is -2.31. The van der Waals surface area contributed by atoms with Crippen molar-refractivity contribution in [2.24, 2.45) is 0 Å². The van der Waals surface area contributed by atoms with Crippen LogP contribution in [0, 0.1) is 27.7 Å². The van der Waals surface area contributed by atoms with Gasteiger partial charge in [0.05, 0.1) is 0 Å². The van der Waals surface area contributed by atoms with Crippen LogP contribution >= 0.6 is 0 Å². The number of ketones is 1. The number of aromatic nitrogens is 1. The number of amides is 2. The molecule has 0 atom stereocenters. The molecule has 3 aromatic rings. The number of ether oxygens (including phenoxy) is 1. The lowest BCUT2D eigenvalue weighted by atomic mass is 10.1. The molecule has 0 fully saturated rings. The Morgan fingerprint density at radius 3 is 2.21 bits per heavy atom. The van der Waals surface area contributed by atoms with E-state index in [9.17, 15) is 19.2 Å². The Morgan fingerprint density at radius 1 is 0.824 bits per heavy atom. The molecule has 0 radical (unpaired) electrons. The van der Waals surface area contributed by atoms with Gasteiger partial charge in [-0.05, 0) is 69.2 Å². The van der Waals surface area contributed by atoms with Gasteiger partial charge in [0.2, 0.25) is 5.78 Å². The Hall–Kier alpha value is -4.20. The molecular formula is C26H27N3O5. The van der Waals surface area contributed by atoms with Gasteiger partial charge in [-0.15, -0.1) is 0 Å². The van der Waals surface area contributed by atoms with Gasteiger partial charge in [0.15, 0.2) is 6.61 Å². The van der Waals surface area contributed by atoms with Gasteiger partial charge >= 0.3 is 5.97 Å². The minimum absolute atomic E-state index is 0.313. The first-order valence-corrected chi connectivity index (χ1v) is 10.8. The molecule has 8 nitrogen and oxygen atoms in total. The average Bonchev–Trinajstić information content (AvgIpc) is 3.11. The summed E-state index contributed by atoms with van der Waals surface area (Å²) >= 11 is 0. The first-order valence-electron chi connectivity index (χ1n) is 10.8. The Labute approximate surface area is 197 Å². The van der Waals surface area contributed by atoms with Crippen molar-refractivity contribution >= 4 is 23.6 Å². The molecule has 1 heterocycles. The Balaban J connectivity index is 1.54. The van der Waals surface area contributed by atoms with Gasteiger partial charge in [-0.2, -0.15) is 0 Å². The summed E-state index contributed by atoms with van der Waals surface area (Å²) in [7, 11) is 0. The van der Waals surface area contributed by atoms with E-state index in [0.717, 1.165) is 11.1 Å². The van der Waals surface area contributed by atoms with Crippen molar-refractivity contribution in [3.05, 3.63) is 93.8 Å². The number of carbonyl (C=O) groups excluding carboxylic acids is 4. The molecule has 176 valence electrons. The van der Waals surface area contributed by atoms with Crippen molar-refractivity contribution in [3.8, 4) is 0 Å². The normalized spacial score (nSPS) is 10.5. The second kappa shape index (κ2) is 10.6. The zero-order chi connectivity index (χ0) is 24.8. The largest absolute Gasteiger partial charge is 0.456 e. The highest BCUT2D eigenvalue weighted by Crippen LogP contribution is 2.15. The average molecular weight is 462 g/mol. The molecule has 8 heteroatoms. The maximum atomic E-state index is 12.6. The van der Waals surface area contributed by atoms with Gasteiger partial charge in [0, 0.05) is 28.1 Å². The summed E-state index contributed by atoms with van der Waals surface area (Å²) in [5, 5.41) is 2.49. The maximum absolute atomic E-state index is 12.6. The number of hydrogen-bond donors (Lipinski definition) is 2. The predicted molar refractivity (Wildman–Crippen MR) is 128 cm³/mol. The number of hydrogen-bond acceptors (Lipinski definition) is 5. The summed E-state index contributed by atoms with van der Waals surface area (Å²) in [6, 6.07) is 15.6. The summed E-state index contributed by atoms with van der Waals surface area (Å²) in [5.74, 6) is -1.85. The van der Waals surface area contributed by atoms with Crippen molar-refractivity contribution in [2.45, 2.75) is 27.7 Å². The molecule has 2 amide bonds. The molecule has 0 aliphatic heterocycles. The van der Waals surface area contributed by atoms with Crippen LogP contribution < -0.4 is 10.7 Å². The zero-order valence-electron chi connectivity index (χ0n) is 19.6. The fourth-order valence-electron chi connectivity index (χ4n) is 3.38. The zero-order valence-corrected chi connectivity index (χ0v) is 19.6. The van der Waals surface area contributed by atoms with Crippen molar-refractivity contribution < 1.29 is 23.9 Å². The summed E-state index contributed by atoms with van der Waals surface area (Å²) in [4.78, 5) is 49.4. The highest BCUT2D eigenvalue weighted by Gasteiger charge is 2.19. The minimum Gasteiger partial charge on any atom is -0.456 e. The van der Waals surface area contributed by atoms with Gasteiger partial charge in [-0.3, -0.25) is 29.3 Å². The number of carbonyl (C=O) groups is 4. The third kappa shape index (κ3) is 5.78. The topological polar surface area (TPSA) is 106 Å². The van der Waals surface area contributed by atoms with Gasteiger partial charge in [-0.1, -0.05) is 24.3 Å². The monoisotopic (exact) mass is 461 g/mol. The van der Waals surface area contributed by atoms with Crippen LogP contribution in [-0.2, 0) is 9.53 Å². The summed E-state index contributed by atoms with van der Waals surface area (Å²) in [5.41, 5.74) is 7.22. The number of rotatable bonds is 8. The standard InChI is InChI=1S/C26H27N3O5/c1-16-10-11-21(12-17(16)2)25(32)27-14-24(31)34-15-23(30)22-13-18(3)29(19(22)4)28-26(33)20-8-6-5-7-9-20/h5-13H,14-15H2,1-4H3,(H,27,32)(H,28,33). The molecule has 2 aromatic carbocycles. The molecule has 34 heavy (non-hydrogen) atoms. The third-order valence-electron chi connectivity index (χ3n) is 5.51. The molecule has 0 saturated carbocycles. The van der Waals surface area contributed by atoms with E-state index in [1.54, 1.807) is 56.3 Å². The van der Waals surface area contributed by atoms with Crippen LogP contribution in [0.3, 0.4) is 0 Å². The van der Waals surface area contributed by atoms with Crippen LogP contribution in [0.5, 0.6) is 0 Å². The number of benzene rings is 2. The van der Waals surface area contributed by atoms with Crippen molar-refractivity contribution in [1.82, 2.24) is 9.99 Å². The third-order valence-corrected chi connectivity index (χ3v) is 5.51. The highest BCUT2D eigenvalue weighted by atomic mass is 16.5. The molecule has 1 aromatic heterocycles. The quantitative estimate of drug-likeness (QED) is 0.396. The van der Waals surface area contributed by atoms with E-state index in [2.05, 4.69) is 10.7 Å². The molecule has 3 rings (SSSR count). The molecule has 0 bridgehead atoms. The van der Waals surface area contributed by atoms with E-state index >= 15 is 0 Å². The minimum atomic E-state index is -0.725. The van der Waals surface area contributed by atoms with Crippen molar-refractivity contribution in [3.63, 3.8) is 0 Å². The Kier molecular flexibility index (Phi) is 7.63. The predicted octanol–water partition coefficient (Wildman–Crippen LogP) is 3.26. The SMILES string of the molecule is Cc1ccc(C(=O)NCC(=O)OCC(=O)c2cc(C)n(NC(=O)c3ccccc3)c2C)cc1C. The lowest BCUT2D eigenvalue weighted by molar-refractivity contribution is -0.141. The van der Waals surface area contributed by atoms with E-state index < -0.39 is 24.3 Å². The van der Waals surface area contributed by atoms with E-state index in [4.69, 9.17) is 4.74 Å². The van der Waals surface area contributed by atoms with E-state index in [1.807, 2.05) is 26.0 Å². The molecule has 0 aliphatic rings. The van der Waals surface area contributed by atoms with E-state index in [0.29, 0.717) is 28.1 Å². The second-order valence-electron chi connectivity index (χ2n) is 7.99. The molecule has 0 unspecified atom stereocenters. The van der Waals surface area contributed by atoms with Crippen LogP contribution in [0.1, 0.15) is 53.6 Å². The number of aryl methyl sites for hydroxylation is 3. The van der Waals surface area contributed by atoms with Crippen molar-refractivity contribution in [1.29, 1.82) is 0 Å². The number of Topliss-reactive ketones (excluding diaryl/α,β-unsaturated/α-hetero) is 1. The fraction of sp³-hybridized carbons (Fsp3) is 0.231. The Morgan fingerprint density at radius 2 is 1.53 bits per heavy atom. The fourth-order valence-corrected chi connectivity index (χ4v) is 3.38. The van der Waals surface area contributed by atoms with E-state index in [-0.39, 0.29) is 12.5 Å². The van der Waals surface area contributed by atoms with Crippen LogP contribution in [0.15, 0.2) is 54.6 Å². The van der Waals surface area contributed by atoms with Crippen LogP contribution in [0.25, 0.3) is 0 Å². The van der Waals surface area contributed by atoms with Gasteiger partial charge in [0.25, 0.3) is 11.8 Å². The maximum Gasteiger partial charge on any atom is 0.325 e. The number of nitrogens with zero attached hydrogens (tertiary/aromatic N) is 1. The molecule has 0 saturated heterocycles. The molecule has 0 aliphatic carbocycles. The van der Waals surface area contributed by atoms with Crippen LogP contribution in [-0.4, -0.2) is 41.4 Å². The van der Waals surface area contributed by atoms with Gasteiger partial charge in [-0.25, -0.2) is 0 Å². The molecule has 0 spiro atoms. The van der Waals surface area contributed by atoms with E-state index in [1.165, 1.54) is 4.68 Å². The Bertz CT molecular complexity index is 1240. The van der Waals surface area contributed by atoms with Crippen LogP contribution in [0.2, 0.25) is 0 Å². The highest BCUT2D eigenvalue weighted by molar-refractivity contribution is 6.02. The van der Waals surface area contributed by atoms with Gasteiger partial charge in [0.1, 0.15) is 6.54 Å². The summed E-state index contributed by atoms with van der Waals surface area (Å²) in [6.45, 7) is 6.46. The number of esters is 1. The smallest absolute Gasteiger partial charge is 0.325 e. The molecule has 2 N–H and O–H groups in total. The van der Waals surface area contributed by atoms with Crippen molar-refractivity contribution in [2.75, 3.05) is 18.6 Å².